The van der Waals surface area contributed by atoms with E-state index >= 15 is 0 Å². The summed E-state index contributed by atoms with van der Waals surface area (Å²) in [7, 11) is 0. The summed E-state index contributed by atoms with van der Waals surface area (Å²) < 4.78 is 1.54. The highest BCUT2D eigenvalue weighted by atomic mass is 16.1. The molecule has 0 saturated carbocycles. The number of aromatic amines is 1. The molecule has 0 fully saturated rings. The summed E-state index contributed by atoms with van der Waals surface area (Å²) in [4.78, 5) is 14.3. The Kier molecular flexibility index (Phi) is 1.39. The van der Waals surface area contributed by atoms with Gasteiger partial charge in [0.2, 0.25) is 0 Å². The van der Waals surface area contributed by atoms with Gasteiger partial charge in [-0.15, -0.1) is 10.2 Å². The van der Waals surface area contributed by atoms with Crippen molar-refractivity contribution in [2.45, 2.75) is 13.3 Å². The van der Waals surface area contributed by atoms with Crippen LogP contribution in [0.4, 0.5) is 0 Å². The minimum Gasteiger partial charge on any atom is -0.244 e. The van der Waals surface area contributed by atoms with Crippen LogP contribution in [-0.4, -0.2) is 24.8 Å². The largest absolute Gasteiger partial charge is 0.360 e. The van der Waals surface area contributed by atoms with Crippen LogP contribution in [-0.2, 0) is 6.42 Å². The van der Waals surface area contributed by atoms with E-state index in [1.165, 1.54) is 10.7 Å². The monoisotopic (exact) mass is 165 g/mol. The molecule has 0 atom stereocenters. The molecular formula is C6H7N5O. The van der Waals surface area contributed by atoms with Crippen molar-refractivity contribution in [1.29, 1.82) is 0 Å². The van der Waals surface area contributed by atoms with Crippen LogP contribution in [0.25, 0.3) is 5.65 Å². The molecule has 0 aliphatic carbocycles. The first kappa shape index (κ1) is 6.96. The molecule has 0 spiro atoms. The van der Waals surface area contributed by atoms with E-state index in [4.69, 9.17) is 0 Å². The average molecular weight is 165 g/mol. The maximum atomic E-state index is 10.8. The Labute approximate surface area is 67.3 Å². The molecule has 2 heterocycles. The Morgan fingerprint density at radius 1 is 1.58 bits per heavy atom. The Balaban J connectivity index is 2.84. The van der Waals surface area contributed by atoms with Crippen LogP contribution in [0.1, 0.15) is 12.7 Å². The standard InChI is InChI=1S/C6H7N5O/c1-2-4-8-9-5-3-7-6(12)10-11(4)5/h3H,2H2,1H3,(H,10,12). The lowest BCUT2D eigenvalue weighted by Crippen LogP contribution is -2.15. The summed E-state index contributed by atoms with van der Waals surface area (Å²) in [6, 6.07) is 0. The number of nitrogens with zero attached hydrogens (tertiary/aromatic N) is 4. The van der Waals surface area contributed by atoms with Gasteiger partial charge in [0.15, 0.2) is 11.5 Å². The fourth-order valence-corrected chi connectivity index (χ4v) is 1.01. The minimum atomic E-state index is -0.392. The molecule has 12 heavy (non-hydrogen) atoms. The van der Waals surface area contributed by atoms with Gasteiger partial charge in [-0.1, -0.05) is 6.92 Å². The van der Waals surface area contributed by atoms with Gasteiger partial charge < -0.3 is 0 Å². The molecule has 0 aromatic carbocycles. The minimum absolute atomic E-state index is 0.392. The van der Waals surface area contributed by atoms with Crippen molar-refractivity contribution < 1.29 is 0 Å². The van der Waals surface area contributed by atoms with Gasteiger partial charge in [0.1, 0.15) is 0 Å². The van der Waals surface area contributed by atoms with Crippen LogP contribution in [0.3, 0.4) is 0 Å². The topological polar surface area (TPSA) is 75.9 Å². The summed E-state index contributed by atoms with van der Waals surface area (Å²) in [5.74, 6) is 0.726. The average Bonchev–Trinajstić information content (AvgIpc) is 2.46. The lowest BCUT2D eigenvalue weighted by atomic mass is 10.5. The lowest BCUT2D eigenvalue weighted by molar-refractivity contribution is 0.786. The van der Waals surface area contributed by atoms with Gasteiger partial charge in [-0.2, -0.15) is 4.98 Å². The summed E-state index contributed by atoms with van der Waals surface area (Å²) in [6.45, 7) is 1.94. The number of H-pyrrole nitrogens is 1. The number of rotatable bonds is 1. The second-order valence-corrected chi connectivity index (χ2v) is 2.34. The van der Waals surface area contributed by atoms with Crippen LogP contribution >= 0.6 is 0 Å². The fraction of sp³-hybridized carbons (Fsp3) is 0.333. The molecule has 0 aliphatic heterocycles. The highest BCUT2D eigenvalue weighted by molar-refractivity contribution is 5.31. The van der Waals surface area contributed by atoms with Gasteiger partial charge in [0.05, 0.1) is 6.20 Å². The highest BCUT2D eigenvalue weighted by Gasteiger charge is 2.02. The molecule has 62 valence electrons. The van der Waals surface area contributed by atoms with Crippen LogP contribution in [0, 0.1) is 0 Å². The zero-order valence-electron chi connectivity index (χ0n) is 6.48. The smallest absolute Gasteiger partial charge is 0.244 e. The van der Waals surface area contributed by atoms with E-state index in [2.05, 4.69) is 20.3 Å². The van der Waals surface area contributed by atoms with Crippen molar-refractivity contribution in [3.8, 4) is 0 Å². The summed E-state index contributed by atoms with van der Waals surface area (Å²) in [6.07, 6.45) is 2.12. The molecule has 6 nitrogen and oxygen atoms in total. The number of nitrogens with one attached hydrogen (secondary N) is 1. The van der Waals surface area contributed by atoms with E-state index in [0.717, 1.165) is 12.2 Å². The number of hydrogen-bond donors (Lipinski definition) is 1. The lowest BCUT2D eigenvalue weighted by Gasteiger charge is -1.92. The summed E-state index contributed by atoms with van der Waals surface area (Å²) in [5.41, 5.74) is 0.170. The third kappa shape index (κ3) is 0.884. The number of fused-ring (bicyclic) bond motifs is 1. The third-order valence-corrected chi connectivity index (χ3v) is 1.58. The molecule has 0 aliphatic rings. The molecule has 2 aromatic rings. The molecular weight excluding hydrogens is 158 g/mol. The van der Waals surface area contributed by atoms with Crippen LogP contribution < -0.4 is 5.69 Å². The Morgan fingerprint density at radius 2 is 2.42 bits per heavy atom. The first-order valence-corrected chi connectivity index (χ1v) is 3.60. The predicted octanol–water partition coefficient (Wildman–Crippen LogP) is -0.625. The van der Waals surface area contributed by atoms with Gasteiger partial charge in [-0.25, -0.2) is 14.4 Å². The summed E-state index contributed by atoms with van der Waals surface area (Å²) >= 11 is 0. The van der Waals surface area contributed by atoms with E-state index in [1.54, 1.807) is 0 Å². The molecule has 0 unspecified atom stereocenters. The number of aryl methyl sites for hydroxylation is 1. The molecule has 0 bridgehead atoms. The summed E-state index contributed by atoms with van der Waals surface area (Å²) in [5, 5.41) is 10.2. The van der Waals surface area contributed by atoms with E-state index in [1.807, 2.05) is 6.92 Å². The van der Waals surface area contributed by atoms with E-state index in [0.29, 0.717) is 5.65 Å². The molecule has 0 radical (unpaired) electrons. The van der Waals surface area contributed by atoms with Gasteiger partial charge in [-0.05, 0) is 0 Å². The Morgan fingerprint density at radius 3 is 3.17 bits per heavy atom. The van der Waals surface area contributed by atoms with Gasteiger partial charge in [0, 0.05) is 6.42 Å². The van der Waals surface area contributed by atoms with Crippen molar-refractivity contribution in [1.82, 2.24) is 24.8 Å². The molecule has 0 amide bonds. The molecule has 2 rings (SSSR count). The van der Waals surface area contributed by atoms with Crippen molar-refractivity contribution in [2.75, 3.05) is 0 Å². The number of hydrogen-bond acceptors (Lipinski definition) is 4. The predicted molar refractivity (Wildman–Crippen MR) is 40.8 cm³/mol. The third-order valence-electron chi connectivity index (χ3n) is 1.58. The number of aromatic nitrogens is 5. The van der Waals surface area contributed by atoms with Crippen molar-refractivity contribution in [2.24, 2.45) is 0 Å². The van der Waals surface area contributed by atoms with Gasteiger partial charge >= 0.3 is 5.69 Å². The van der Waals surface area contributed by atoms with Crippen molar-refractivity contribution >= 4 is 5.65 Å². The molecule has 2 aromatic heterocycles. The zero-order valence-corrected chi connectivity index (χ0v) is 6.48. The maximum absolute atomic E-state index is 10.8. The highest BCUT2D eigenvalue weighted by Crippen LogP contribution is 1.96. The van der Waals surface area contributed by atoms with Crippen LogP contribution in [0.15, 0.2) is 11.0 Å². The maximum Gasteiger partial charge on any atom is 0.360 e. The second-order valence-electron chi connectivity index (χ2n) is 2.34. The van der Waals surface area contributed by atoms with Crippen molar-refractivity contribution in [3.63, 3.8) is 0 Å². The molecule has 0 saturated heterocycles. The van der Waals surface area contributed by atoms with Gasteiger partial charge in [-0.3, -0.25) is 0 Å². The fourth-order valence-electron chi connectivity index (χ4n) is 1.01. The Bertz CT molecular complexity index is 456. The quantitative estimate of drug-likeness (QED) is 0.610. The first-order valence-electron chi connectivity index (χ1n) is 3.60. The van der Waals surface area contributed by atoms with E-state index in [-0.39, 0.29) is 0 Å². The normalized spacial score (nSPS) is 10.8. The van der Waals surface area contributed by atoms with Crippen molar-refractivity contribution in [3.05, 3.63) is 22.5 Å². The Hall–Kier alpha value is -1.72. The van der Waals surface area contributed by atoms with E-state index < -0.39 is 5.69 Å². The van der Waals surface area contributed by atoms with E-state index in [9.17, 15) is 4.79 Å². The molecule has 1 N–H and O–H groups in total. The zero-order chi connectivity index (χ0) is 8.55. The first-order chi connectivity index (χ1) is 5.81. The van der Waals surface area contributed by atoms with Crippen LogP contribution in [0.5, 0.6) is 0 Å². The van der Waals surface area contributed by atoms with Crippen LogP contribution in [0.2, 0.25) is 0 Å². The van der Waals surface area contributed by atoms with Gasteiger partial charge in [0.25, 0.3) is 0 Å². The SMILES string of the molecule is CCc1nnc2cnc(=O)[nH]n12. The second kappa shape index (κ2) is 2.40. The molecule has 6 heteroatoms.